The molecule has 0 atom stereocenters. The Balaban J connectivity index is 2.71. The first-order valence-corrected chi connectivity index (χ1v) is 6.83. The lowest BCUT2D eigenvalue weighted by Crippen LogP contribution is -2.18. The number of aryl methyl sites for hydroxylation is 1. The molecule has 1 aromatic carbocycles. The summed E-state index contributed by atoms with van der Waals surface area (Å²) in [6.07, 6.45) is 0. The lowest BCUT2D eigenvalue weighted by atomic mass is 10.0. The van der Waals surface area contributed by atoms with E-state index >= 15 is 0 Å². The van der Waals surface area contributed by atoms with Gasteiger partial charge in [0.05, 0.1) is 24.3 Å². The number of para-hydroxylation sites is 1. The van der Waals surface area contributed by atoms with Gasteiger partial charge in [0.25, 0.3) is 0 Å². The standard InChI is InChI=1S/C16H17NO4/c1-4-20-15(18)13-10(3)11-8-6-7-9-12(11)17-14(13)16(19)21-5-2/h6-9H,4-5H2,1-3H3. The van der Waals surface area contributed by atoms with Gasteiger partial charge < -0.3 is 9.47 Å². The summed E-state index contributed by atoms with van der Waals surface area (Å²) in [7, 11) is 0. The van der Waals surface area contributed by atoms with Crippen LogP contribution in [-0.2, 0) is 9.47 Å². The van der Waals surface area contributed by atoms with Crippen LogP contribution in [0.2, 0.25) is 0 Å². The van der Waals surface area contributed by atoms with Gasteiger partial charge in [-0.1, -0.05) is 18.2 Å². The van der Waals surface area contributed by atoms with E-state index < -0.39 is 11.9 Å². The van der Waals surface area contributed by atoms with Gasteiger partial charge in [0.2, 0.25) is 0 Å². The Morgan fingerprint density at radius 3 is 2.33 bits per heavy atom. The molecule has 110 valence electrons. The van der Waals surface area contributed by atoms with Gasteiger partial charge in [-0.25, -0.2) is 14.6 Å². The summed E-state index contributed by atoms with van der Waals surface area (Å²) in [5, 5.41) is 0.814. The number of carbonyl (C=O) groups excluding carboxylic acids is 2. The van der Waals surface area contributed by atoms with Crippen molar-refractivity contribution < 1.29 is 19.1 Å². The smallest absolute Gasteiger partial charge is 0.357 e. The highest BCUT2D eigenvalue weighted by atomic mass is 16.5. The Hall–Kier alpha value is -2.43. The van der Waals surface area contributed by atoms with Crippen molar-refractivity contribution in [1.82, 2.24) is 4.98 Å². The quantitative estimate of drug-likeness (QED) is 0.809. The molecule has 0 amide bonds. The third kappa shape index (κ3) is 2.86. The fourth-order valence-corrected chi connectivity index (χ4v) is 2.18. The van der Waals surface area contributed by atoms with Gasteiger partial charge >= 0.3 is 11.9 Å². The summed E-state index contributed by atoms with van der Waals surface area (Å²) in [4.78, 5) is 28.5. The van der Waals surface area contributed by atoms with Crippen molar-refractivity contribution in [2.75, 3.05) is 13.2 Å². The molecule has 0 bridgehead atoms. The minimum absolute atomic E-state index is 0.00602. The fourth-order valence-electron chi connectivity index (χ4n) is 2.18. The van der Waals surface area contributed by atoms with Gasteiger partial charge in [-0.05, 0) is 32.4 Å². The van der Waals surface area contributed by atoms with Crippen LogP contribution in [0.1, 0.15) is 40.3 Å². The SMILES string of the molecule is CCOC(=O)c1nc2ccccc2c(C)c1C(=O)OCC. The summed E-state index contributed by atoms with van der Waals surface area (Å²) in [5.74, 6) is -1.18. The molecule has 0 N–H and O–H groups in total. The van der Waals surface area contributed by atoms with Crippen LogP contribution in [-0.4, -0.2) is 30.1 Å². The molecular formula is C16H17NO4. The minimum atomic E-state index is -0.616. The number of nitrogens with zero attached hydrogens (tertiary/aromatic N) is 1. The van der Waals surface area contributed by atoms with Crippen LogP contribution in [0.4, 0.5) is 0 Å². The zero-order valence-corrected chi connectivity index (χ0v) is 12.3. The van der Waals surface area contributed by atoms with Crippen LogP contribution in [0.15, 0.2) is 24.3 Å². The van der Waals surface area contributed by atoms with Gasteiger partial charge in [0.15, 0.2) is 5.69 Å². The van der Waals surface area contributed by atoms with Crippen molar-refractivity contribution in [2.24, 2.45) is 0 Å². The van der Waals surface area contributed by atoms with E-state index in [0.717, 1.165) is 5.39 Å². The molecule has 0 aliphatic rings. The molecule has 0 aliphatic heterocycles. The summed E-state index contributed by atoms with van der Waals surface area (Å²) in [6.45, 7) is 5.64. The number of benzene rings is 1. The summed E-state index contributed by atoms with van der Waals surface area (Å²) in [5.41, 5.74) is 1.49. The predicted octanol–water partition coefficient (Wildman–Crippen LogP) is 2.90. The molecule has 1 aromatic heterocycles. The molecule has 0 saturated carbocycles. The highest BCUT2D eigenvalue weighted by Crippen LogP contribution is 2.24. The second-order valence-electron chi connectivity index (χ2n) is 4.42. The van der Waals surface area contributed by atoms with Crippen molar-refractivity contribution >= 4 is 22.8 Å². The van der Waals surface area contributed by atoms with Gasteiger partial charge in [-0.15, -0.1) is 0 Å². The molecule has 0 saturated heterocycles. The molecule has 0 unspecified atom stereocenters. The molecule has 5 heteroatoms. The summed E-state index contributed by atoms with van der Waals surface area (Å²) in [6, 6.07) is 7.33. The number of esters is 2. The highest BCUT2D eigenvalue weighted by Gasteiger charge is 2.25. The summed E-state index contributed by atoms with van der Waals surface area (Å²) >= 11 is 0. The molecule has 2 aromatic rings. The molecular weight excluding hydrogens is 270 g/mol. The number of hydrogen-bond acceptors (Lipinski definition) is 5. The number of rotatable bonds is 4. The lowest BCUT2D eigenvalue weighted by molar-refractivity contribution is 0.0473. The number of fused-ring (bicyclic) bond motifs is 1. The topological polar surface area (TPSA) is 65.5 Å². The highest BCUT2D eigenvalue weighted by molar-refractivity contribution is 6.06. The maximum absolute atomic E-state index is 12.2. The monoisotopic (exact) mass is 287 g/mol. The predicted molar refractivity (Wildman–Crippen MR) is 78.4 cm³/mol. The molecule has 5 nitrogen and oxygen atoms in total. The Labute approximate surface area is 122 Å². The Kier molecular flexibility index (Phi) is 4.52. The van der Waals surface area contributed by atoms with Gasteiger partial charge in [0, 0.05) is 5.39 Å². The third-order valence-electron chi connectivity index (χ3n) is 3.10. The van der Waals surface area contributed by atoms with Crippen molar-refractivity contribution in [1.29, 1.82) is 0 Å². The van der Waals surface area contributed by atoms with Crippen LogP contribution in [0.5, 0.6) is 0 Å². The minimum Gasteiger partial charge on any atom is -0.462 e. The largest absolute Gasteiger partial charge is 0.462 e. The molecule has 21 heavy (non-hydrogen) atoms. The Morgan fingerprint density at radius 1 is 1.05 bits per heavy atom. The second kappa shape index (κ2) is 6.35. The van der Waals surface area contributed by atoms with Crippen LogP contribution < -0.4 is 0 Å². The average molecular weight is 287 g/mol. The van der Waals surface area contributed by atoms with E-state index in [2.05, 4.69) is 4.98 Å². The molecule has 0 spiro atoms. The number of aromatic nitrogens is 1. The molecule has 1 heterocycles. The molecule has 2 rings (SSSR count). The van der Waals surface area contributed by atoms with Gasteiger partial charge in [-0.3, -0.25) is 0 Å². The van der Waals surface area contributed by atoms with Crippen LogP contribution >= 0.6 is 0 Å². The molecule has 0 fully saturated rings. The van der Waals surface area contributed by atoms with Crippen LogP contribution in [0.3, 0.4) is 0 Å². The van der Waals surface area contributed by atoms with E-state index in [1.54, 1.807) is 26.8 Å². The van der Waals surface area contributed by atoms with Crippen molar-refractivity contribution in [3.63, 3.8) is 0 Å². The Bertz CT molecular complexity index is 694. The maximum atomic E-state index is 12.2. The number of ether oxygens (including phenoxy) is 2. The lowest BCUT2D eigenvalue weighted by Gasteiger charge is -2.12. The maximum Gasteiger partial charge on any atom is 0.357 e. The normalized spacial score (nSPS) is 10.4. The van der Waals surface area contributed by atoms with E-state index in [4.69, 9.17) is 9.47 Å². The van der Waals surface area contributed by atoms with Crippen molar-refractivity contribution in [3.05, 3.63) is 41.1 Å². The van der Waals surface area contributed by atoms with Crippen LogP contribution in [0, 0.1) is 6.92 Å². The first kappa shape index (κ1) is 15.0. The number of hydrogen-bond donors (Lipinski definition) is 0. The average Bonchev–Trinajstić information content (AvgIpc) is 2.47. The first-order chi connectivity index (χ1) is 10.1. The van der Waals surface area contributed by atoms with Crippen LogP contribution in [0.25, 0.3) is 10.9 Å². The van der Waals surface area contributed by atoms with E-state index in [1.807, 2.05) is 18.2 Å². The first-order valence-electron chi connectivity index (χ1n) is 6.83. The second-order valence-corrected chi connectivity index (χ2v) is 4.42. The fraction of sp³-hybridized carbons (Fsp3) is 0.312. The van der Waals surface area contributed by atoms with Crippen molar-refractivity contribution in [2.45, 2.75) is 20.8 Å². The van der Waals surface area contributed by atoms with Gasteiger partial charge in [0.1, 0.15) is 0 Å². The Morgan fingerprint density at radius 2 is 1.67 bits per heavy atom. The molecule has 0 aliphatic carbocycles. The van der Waals surface area contributed by atoms with E-state index in [-0.39, 0.29) is 24.5 Å². The number of pyridine rings is 1. The van der Waals surface area contributed by atoms with E-state index in [9.17, 15) is 9.59 Å². The van der Waals surface area contributed by atoms with Crippen molar-refractivity contribution in [3.8, 4) is 0 Å². The summed E-state index contributed by atoms with van der Waals surface area (Å²) < 4.78 is 10.0. The molecule has 0 radical (unpaired) electrons. The number of carbonyl (C=O) groups is 2. The zero-order valence-electron chi connectivity index (χ0n) is 12.3. The van der Waals surface area contributed by atoms with E-state index in [1.165, 1.54) is 0 Å². The third-order valence-corrected chi connectivity index (χ3v) is 3.10. The van der Waals surface area contributed by atoms with Gasteiger partial charge in [-0.2, -0.15) is 0 Å². The zero-order chi connectivity index (χ0) is 15.4. The van der Waals surface area contributed by atoms with E-state index in [0.29, 0.717) is 11.1 Å².